The minimum Gasteiger partial charge on any atom is -0.481 e. The smallest absolute Gasteiger partial charge is 0.328 e. The van der Waals surface area contributed by atoms with Crippen molar-refractivity contribution in [3.63, 3.8) is 0 Å². The second-order valence-electron chi connectivity index (χ2n) is 4.22. The predicted octanol–water partition coefficient (Wildman–Crippen LogP) is 2.88. The summed E-state index contributed by atoms with van der Waals surface area (Å²) in [6.45, 7) is 4.35. The molecule has 0 spiro atoms. The highest BCUT2D eigenvalue weighted by Gasteiger charge is 2.22. The fourth-order valence-corrected chi connectivity index (χ4v) is 2.47. The van der Waals surface area contributed by atoms with Crippen LogP contribution < -0.4 is 0 Å². The van der Waals surface area contributed by atoms with Crippen LogP contribution in [0.2, 0.25) is 0 Å². The fraction of sp³-hybridized carbons (Fsp3) is 0.909. The minimum absolute atomic E-state index is 0.240. The predicted molar refractivity (Wildman–Crippen MR) is 66.2 cm³/mol. The van der Waals surface area contributed by atoms with E-state index in [0.717, 1.165) is 25.7 Å². The molecule has 0 rings (SSSR count). The van der Waals surface area contributed by atoms with Crippen molar-refractivity contribution in [3.8, 4) is 0 Å². The Kier molecular flexibility index (Phi) is 8.48. The molecule has 0 amide bonds. The number of hydrogen-bond donors (Lipinski definition) is 2. The van der Waals surface area contributed by atoms with Crippen molar-refractivity contribution >= 4 is 13.6 Å². The van der Waals surface area contributed by atoms with Gasteiger partial charge in [0.2, 0.25) is 0 Å². The molecular weight excluding hydrogens is 243 g/mol. The van der Waals surface area contributed by atoms with Crippen LogP contribution >= 0.6 is 7.60 Å². The first-order chi connectivity index (χ1) is 7.91. The van der Waals surface area contributed by atoms with Crippen molar-refractivity contribution in [2.75, 3.05) is 12.8 Å². The first kappa shape index (κ1) is 16.6. The largest absolute Gasteiger partial charge is 0.481 e. The van der Waals surface area contributed by atoms with Gasteiger partial charge >= 0.3 is 13.6 Å². The van der Waals surface area contributed by atoms with Gasteiger partial charge in [-0.05, 0) is 12.3 Å². The van der Waals surface area contributed by atoms with E-state index in [4.69, 9.17) is 9.63 Å². The monoisotopic (exact) mass is 266 g/mol. The maximum Gasteiger partial charge on any atom is 0.328 e. The Labute approximate surface area is 103 Å². The number of unbranched alkanes of at least 4 members (excludes halogenated alkanes) is 1. The topological polar surface area (TPSA) is 83.8 Å². The Bertz CT molecular complexity index is 267. The number of carboxylic acids is 1. The molecule has 0 saturated carbocycles. The summed E-state index contributed by atoms with van der Waals surface area (Å²) in [7, 11) is -3.73. The molecule has 0 heterocycles. The molecule has 2 N–H and O–H groups in total. The Hall–Kier alpha value is -0.380. The number of rotatable bonds is 10. The Morgan fingerprint density at radius 2 is 2.06 bits per heavy atom. The third-order valence-electron chi connectivity index (χ3n) is 2.66. The van der Waals surface area contributed by atoms with Gasteiger partial charge in [-0.25, -0.2) is 0 Å². The lowest BCUT2D eigenvalue weighted by Gasteiger charge is -2.17. The SMILES string of the molecule is CCCCC(CC)COP(=O)(O)CCC(=O)O. The maximum absolute atomic E-state index is 11.5. The van der Waals surface area contributed by atoms with Gasteiger partial charge in [-0.3, -0.25) is 9.36 Å². The number of carbonyl (C=O) groups is 1. The van der Waals surface area contributed by atoms with Gasteiger partial charge in [-0.2, -0.15) is 0 Å². The average Bonchev–Trinajstić information content (AvgIpc) is 2.27. The van der Waals surface area contributed by atoms with Crippen LogP contribution in [0.15, 0.2) is 0 Å². The fourth-order valence-electron chi connectivity index (χ4n) is 1.42. The molecule has 5 nitrogen and oxygen atoms in total. The number of hydrogen-bond acceptors (Lipinski definition) is 3. The van der Waals surface area contributed by atoms with Crippen LogP contribution in [-0.4, -0.2) is 28.7 Å². The van der Waals surface area contributed by atoms with E-state index in [1.54, 1.807) is 0 Å². The van der Waals surface area contributed by atoms with Crippen molar-refractivity contribution in [1.82, 2.24) is 0 Å². The second-order valence-corrected chi connectivity index (χ2v) is 6.20. The average molecular weight is 266 g/mol. The van der Waals surface area contributed by atoms with E-state index in [1.165, 1.54) is 0 Å². The Morgan fingerprint density at radius 1 is 1.41 bits per heavy atom. The Morgan fingerprint density at radius 3 is 2.53 bits per heavy atom. The van der Waals surface area contributed by atoms with Crippen molar-refractivity contribution < 1.29 is 23.9 Å². The van der Waals surface area contributed by atoms with Crippen LogP contribution in [0.4, 0.5) is 0 Å². The van der Waals surface area contributed by atoms with E-state index in [0.29, 0.717) is 0 Å². The van der Waals surface area contributed by atoms with E-state index < -0.39 is 13.6 Å². The maximum atomic E-state index is 11.5. The van der Waals surface area contributed by atoms with Crippen molar-refractivity contribution in [2.24, 2.45) is 5.92 Å². The van der Waals surface area contributed by atoms with E-state index >= 15 is 0 Å². The molecule has 0 radical (unpaired) electrons. The highest BCUT2D eigenvalue weighted by molar-refractivity contribution is 7.52. The van der Waals surface area contributed by atoms with Crippen molar-refractivity contribution in [3.05, 3.63) is 0 Å². The lowest BCUT2D eigenvalue weighted by atomic mass is 10.0. The zero-order valence-electron chi connectivity index (χ0n) is 10.6. The zero-order chi connectivity index (χ0) is 13.3. The van der Waals surface area contributed by atoms with Gasteiger partial charge in [0.1, 0.15) is 0 Å². The normalized spacial score (nSPS) is 16.4. The first-order valence-corrected chi connectivity index (χ1v) is 7.85. The molecule has 0 aliphatic heterocycles. The molecule has 6 heteroatoms. The molecule has 102 valence electrons. The van der Waals surface area contributed by atoms with Crippen LogP contribution in [-0.2, 0) is 13.9 Å². The lowest BCUT2D eigenvalue weighted by Crippen LogP contribution is -2.10. The highest BCUT2D eigenvalue weighted by atomic mass is 31.2. The quantitative estimate of drug-likeness (QED) is 0.594. The molecule has 0 saturated heterocycles. The Balaban J connectivity index is 3.96. The molecule has 0 bridgehead atoms. The van der Waals surface area contributed by atoms with E-state index in [9.17, 15) is 14.3 Å². The highest BCUT2D eigenvalue weighted by Crippen LogP contribution is 2.43. The third kappa shape index (κ3) is 9.33. The molecule has 2 atom stereocenters. The van der Waals surface area contributed by atoms with Crippen molar-refractivity contribution in [2.45, 2.75) is 46.0 Å². The molecule has 0 aromatic rings. The summed E-state index contributed by atoms with van der Waals surface area (Å²) in [5, 5.41) is 8.43. The molecule has 2 unspecified atom stereocenters. The van der Waals surface area contributed by atoms with Crippen LogP contribution in [0.3, 0.4) is 0 Å². The van der Waals surface area contributed by atoms with Gasteiger partial charge in [-0.1, -0.05) is 33.1 Å². The summed E-state index contributed by atoms with van der Waals surface area (Å²) < 4.78 is 16.5. The van der Waals surface area contributed by atoms with Gasteiger partial charge in [-0.15, -0.1) is 0 Å². The van der Waals surface area contributed by atoms with E-state index in [1.807, 2.05) is 6.92 Å². The van der Waals surface area contributed by atoms with Gasteiger partial charge in [0.05, 0.1) is 19.2 Å². The molecule has 17 heavy (non-hydrogen) atoms. The number of carboxylic acid groups (broad SMARTS) is 1. The van der Waals surface area contributed by atoms with Crippen LogP contribution in [0.1, 0.15) is 46.0 Å². The number of aliphatic carboxylic acids is 1. The summed E-state index contributed by atoms with van der Waals surface area (Å²) in [6, 6.07) is 0. The van der Waals surface area contributed by atoms with Crippen LogP contribution in [0, 0.1) is 5.92 Å². The van der Waals surface area contributed by atoms with Gasteiger partial charge in [0.15, 0.2) is 0 Å². The van der Waals surface area contributed by atoms with Crippen LogP contribution in [0.5, 0.6) is 0 Å². The van der Waals surface area contributed by atoms with Crippen LogP contribution in [0.25, 0.3) is 0 Å². The van der Waals surface area contributed by atoms with E-state index in [-0.39, 0.29) is 25.1 Å². The zero-order valence-corrected chi connectivity index (χ0v) is 11.5. The molecule has 0 aromatic heterocycles. The summed E-state index contributed by atoms with van der Waals surface area (Å²) in [6.07, 6.45) is 3.40. The minimum atomic E-state index is -3.73. The van der Waals surface area contributed by atoms with Gasteiger partial charge < -0.3 is 14.5 Å². The van der Waals surface area contributed by atoms with Gasteiger partial charge in [0.25, 0.3) is 0 Å². The summed E-state index contributed by atoms with van der Waals surface area (Å²) in [5.74, 6) is -0.804. The molecule has 0 aromatic carbocycles. The first-order valence-electron chi connectivity index (χ1n) is 6.09. The van der Waals surface area contributed by atoms with E-state index in [2.05, 4.69) is 6.92 Å². The van der Waals surface area contributed by atoms with Gasteiger partial charge in [0, 0.05) is 0 Å². The summed E-state index contributed by atoms with van der Waals surface area (Å²) >= 11 is 0. The van der Waals surface area contributed by atoms with Crippen molar-refractivity contribution in [1.29, 1.82) is 0 Å². The molecular formula is C11H23O5P. The standard InChI is InChI=1S/C11H23O5P/c1-3-5-6-10(4-2)9-16-17(14,15)8-7-11(12)13/h10H,3-9H2,1-2H3,(H,12,13)(H,14,15). The lowest BCUT2D eigenvalue weighted by molar-refractivity contribution is -0.136. The second kappa shape index (κ2) is 8.67. The molecule has 0 aliphatic carbocycles. The molecule has 0 aliphatic rings. The third-order valence-corrected chi connectivity index (χ3v) is 4.00. The summed E-state index contributed by atoms with van der Waals surface area (Å²) in [4.78, 5) is 19.7. The summed E-state index contributed by atoms with van der Waals surface area (Å²) in [5.41, 5.74) is 0. The molecule has 0 fully saturated rings.